The second-order valence-corrected chi connectivity index (χ2v) is 7.86. The van der Waals surface area contributed by atoms with E-state index in [4.69, 9.17) is 0 Å². The predicted octanol–water partition coefficient (Wildman–Crippen LogP) is 3.39. The number of fused-ring (bicyclic) bond motifs is 3. The molecular formula is C22H25N3O. The average Bonchev–Trinajstić information content (AvgIpc) is 3.05. The van der Waals surface area contributed by atoms with Crippen LogP contribution in [0.25, 0.3) is 6.08 Å². The van der Waals surface area contributed by atoms with Gasteiger partial charge in [0.25, 0.3) is 0 Å². The fourth-order valence-electron chi connectivity index (χ4n) is 4.24. The zero-order chi connectivity index (χ0) is 18.5. The average molecular weight is 347 g/mol. The standard InChI is InChI=1S/C22H25N3O/c1-21(2)18-7-5-6-8-19(18)25-15-20(26)23-22(21,25)14-13-16-9-11-17(12-10-16)24(3)4/h5-14H,15H2,1-4H3,(H,23,26). The fourth-order valence-corrected chi connectivity index (χ4v) is 4.24. The van der Waals surface area contributed by atoms with Crippen LogP contribution in [0.15, 0.2) is 54.6 Å². The first-order valence-corrected chi connectivity index (χ1v) is 9.00. The van der Waals surface area contributed by atoms with E-state index in [9.17, 15) is 4.79 Å². The Hall–Kier alpha value is -2.75. The Morgan fingerprint density at radius 1 is 1.08 bits per heavy atom. The highest BCUT2D eigenvalue weighted by molar-refractivity contribution is 5.91. The molecule has 4 rings (SSSR count). The van der Waals surface area contributed by atoms with E-state index in [1.807, 2.05) is 20.2 Å². The minimum atomic E-state index is -0.534. The molecular weight excluding hydrogens is 322 g/mol. The van der Waals surface area contributed by atoms with E-state index >= 15 is 0 Å². The van der Waals surface area contributed by atoms with Crippen molar-refractivity contribution in [3.8, 4) is 0 Å². The van der Waals surface area contributed by atoms with E-state index < -0.39 is 5.66 Å². The fraction of sp³-hybridized carbons (Fsp3) is 0.318. The second kappa shape index (κ2) is 5.63. The molecule has 1 saturated heterocycles. The van der Waals surface area contributed by atoms with E-state index in [-0.39, 0.29) is 11.3 Å². The summed E-state index contributed by atoms with van der Waals surface area (Å²) in [6.45, 7) is 4.80. The van der Waals surface area contributed by atoms with Crippen molar-refractivity contribution in [1.82, 2.24) is 5.32 Å². The van der Waals surface area contributed by atoms with E-state index in [1.165, 1.54) is 11.3 Å². The lowest BCUT2D eigenvalue weighted by molar-refractivity contribution is -0.118. The number of para-hydroxylation sites is 1. The van der Waals surface area contributed by atoms with Gasteiger partial charge in [0.1, 0.15) is 5.66 Å². The second-order valence-electron chi connectivity index (χ2n) is 7.86. The Kier molecular flexibility index (Phi) is 3.62. The van der Waals surface area contributed by atoms with Crippen molar-refractivity contribution < 1.29 is 4.79 Å². The Bertz CT molecular complexity index is 883. The Morgan fingerprint density at radius 3 is 2.46 bits per heavy atom. The summed E-state index contributed by atoms with van der Waals surface area (Å²) in [5.74, 6) is 0.0696. The number of hydrogen-bond acceptors (Lipinski definition) is 3. The molecule has 0 spiro atoms. The van der Waals surface area contributed by atoms with Crippen LogP contribution in [0.4, 0.5) is 11.4 Å². The molecule has 2 aliphatic rings. The molecule has 4 nitrogen and oxygen atoms in total. The third-order valence-corrected chi connectivity index (χ3v) is 5.80. The molecule has 1 unspecified atom stereocenters. The van der Waals surface area contributed by atoms with Gasteiger partial charge in [0.2, 0.25) is 5.91 Å². The smallest absolute Gasteiger partial charge is 0.241 e. The number of anilines is 2. The maximum atomic E-state index is 12.3. The quantitative estimate of drug-likeness (QED) is 0.924. The summed E-state index contributed by atoms with van der Waals surface area (Å²) in [5.41, 5.74) is 3.95. The molecule has 1 amide bonds. The van der Waals surface area contributed by atoms with Crippen LogP contribution in [-0.2, 0) is 10.2 Å². The van der Waals surface area contributed by atoms with Gasteiger partial charge in [-0.1, -0.05) is 50.3 Å². The van der Waals surface area contributed by atoms with Gasteiger partial charge in [-0.3, -0.25) is 4.79 Å². The first-order chi connectivity index (χ1) is 12.3. The molecule has 0 aliphatic carbocycles. The number of benzene rings is 2. The van der Waals surface area contributed by atoms with Gasteiger partial charge in [-0.05, 0) is 35.4 Å². The SMILES string of the molecule is CN(C)c1ccc(C=CC23NC(=O)CN2c2ccccc2C3(C)C)cc1. The van der Waals surface area contributed by atoms with Gasteiger partial charge in [0.05, 0.1) is 6.54 Å². The van der Waals surface area contributed by atoms with Crippen molar-refractivity contribution in [2.45, 2.75) is 24.9 Å². The van der Waals surface area contributed by atoms with Crippen LogP contribution in [0.3, 0.4) is 0 Å². The third kappa shape index (κ3) is 2.25. The van der Waals surface area contributed by atoms with Crippen molar-refractivity contribution in [1.29, 1.82) is 0 Å². The molecule has 4 heteroatoms. The van der Waals surface area contributed by atoms with Gasteiger partial charge >= 0.3 is 0 Å². The van der Waals surface area contributed by atoms with E-state index in [0.29, 0.717) is 6.54 Å². The molecule has 2 heterocycles. The molecule has 1 atom stereocenters. The van der Waals surface area contributed by atoms with Gasteiger partial charge in [-0.25, -0.2) is 0 Å². The lowest BCUT2D eigenvalue weighted by Gasteiger charge is -2.40. The van der Waals surface area contributed by atoms with Crippen LogP contribution in [0.2, 0.25) is 0 Å². The Balaban J connectivity index is 1.75. The van der Waals surface area contributed by atoms with Gasteiger partial charge < -0.3 is 15.1 Å². The number of rotatable bonds is 3. The summed E-state index contributed by atoms with van der Waals surface area (Å²) in [6.07, 6.45) is 4.27. The summed E-state index contributed by atoms with van der Waals surface area (Å²) >= 11 is 0. The van der Waals surface area contributed by atoms with Gasteiger partial charge in [-0.15, -0.1) is 0 Å². The van der Waals surface area contributed by atoms with Crippen molar-refractivity contribution >= 4 is 23.4 Å². The number of hydrogen-bond donors (Lipinski definition) is 1. The number of nitrogens with one attached hydrogen (secondary N) is 1. The molecule has 0 radical (unpaired) electrons. The predicted molar refractivity (Wildman–Crippen MR) is 107 cm³/mol. The lowest BCUT2D eigenvalue weighted by Crippen LogP contribution is -2.58. The molecule has 1 N–H and O–H groups in total. The maximum Gasteiger partial charge on any atom is 0.241 e. The number of carbonyl (C=O) groups is 1. The molecule has 0 bridgehead atoms. The first kappa shape index (κ1) is 16.7. The van der Waals surface area contributed by atoms with Crippen LogP contribution in [0.1, 0.15) is 25.0 Å². The van der Waals surface area contributed by atoms with Gasteiger partial charge in [-0.2, -0.15) is 0 Å². The molecule has 2 aliphatic heterocycles. The molecule has 2 aromatic rings. The first-order valence-electron chi connectivity index (χ1n) is 9.00. The van der Waals surface area contributed by atoms with Crippen molar-refractivity contribution in [2.75, 3.05) is 30.4 Å². The van der Waals surface area contributed by atoms with Crippen molar-refractivity contribution in [3.05, 3.63) is 65.7 Å². The highest BCUT2D eigenvalue weighted by Gasteiger charge is 2.59. The number of carbonyl (C=O) groups excluding carboxylic acids is 1. The molecule has 26 heavy (non-hydrogen) atoms. The summed E-state index contributed by atoms with van der Waals surface area (Å²) in [6, 6.07) is 16.8. The number of nitrogens with zero attached hydrogens (tertiary/aromatic N) is 2. The minimum Gasteiger partial charge on any atom is -0.378 e. The largest absolute Gasteiger partial charge is 0.378 e. The lowest BCUT2D eigenvalue weighted by atomic mass is 9.75. The summed E-state index contributed by atoms with van der Waals surface area (Å²) in [5, 5.41) is 3.26. The molecule has 2 aromatic carbocycles. The van der Waals surface area contributed by atoms with Crippen LogP contribution < -0.4 is 15.1 Å². The molecule has 0 aromatic heterocycles. The Morgan fingerprint density at radius 2 is 1.77 bits per heavy atom. The number of amides is 1. The minimum absolute atomic E-state index is 0.0696. The maximum absolute atomic E-state index is 12.3. The van der Waals surface area contributed by atoms with E-state index in [0.717, 1.165) is 11.3 Å². The summed E-state index contributed by atoms with van der Waals surface area (Å²) in [4.78, 5) is 16.6. The van der Waals surface area contributed by atoms with Crippen LogP contribution >= 0.6 is 0 Å². The van der Waals surface area contributed by atoms with Gasteiger partial charge in [0.15, 0.2) is 0 Å². The molecule has 134 valence electrons. The monoisotopic (exact) mass is 347 g/mol. The highest BCUT2D eigenvalue weighted by atomic mass is 16.2. The summed E-state index contributed by atoms with van der Waals surface area (Å²) < 4.78 is 0. The zero-order valence-electron chi connectivity index (χ0n) is 15.8. The van der Waals surface area contributed by atoms with Crippen molar-refractivity contribution in [2.24, 2.45) is 0 Å². The Labute approximate surface area is 155 Å². The van der Waals surface area contributed by atoms with Crippen LogP contribution in [0.5, 0.6) is 0 Å². The third-order valence-electron chi connectivity index (χ3n) is 5.80. The van der Waals surface area contributed by atoms with E-state index in [1.54, 1.807) is 0 Å². The summed E-state index contributed by atoms with van der Waals surface area (Å²) in [7, 11) is 4.07. The van der Waals surface area contributed by atoms with Gasteiger partial charge in [0, 0.05) is 30.9 Å². The van der Waals surface area contributed by atoms with E-state index in [2.05, 4.69) is 83.6 Å². The normalized spacial score (nSPS) is 23.1. The highest BCUT2D eigenvalue weighted by Crippen LogP contribution is 2.52. The molecule has 0 saturated carbocycles. The van der Waals surface area contributed by atoms with Crippen LogP contribution in [0, 0.1) is 0 Å². The topological polar surface area (TPSA) is 35.6 Å². The zero-order valence-corrected chi connectivity index (χ0v) is 15.8. The molecule has 1 fully saturated rings. The van der Waals surface area contributed by atoms with Crippen LogP contribution in [-0.4, -0.2) is 32.2 Å². The van der Waals surface area contributed by atoms with Crippen molar-refractivity contribution in [3.63, 3.8) is 0 Å².